The van der Waals surface area contributed by atoms with E-state index < -0.39 is 17.9 Å². The van der Waals surface area contributed by atoms with Crippen LogP contribution in [0.15, 0.2) is 30.3 Å². The van der Waals surface area contributed by atoms with Crippen molar-refractivity contribution in [1.29, 1.82) is 0 Å². The number of halogens is 1. The molecule has 2 rings (SSSR count). The number of fused-ring (bicyclic) bond motifs is 1. The smallest absolute Gasteiger partial charge is 0.326 e. The fraction of sp³-hybridized carbons (Fsp3) is 0.214. The molecule has 1 amide bonds. The molecule has 2 aromatic rings. The van der Waals surface area contributed by atoms with Crippen LogP contribution in [0.2, 0.25) is 5.15 Å². The van der Waals surface area contributed by atoms with Crippen molar-refractivity contribution in [2.75, 3.05) is 0 Å². The highest BCUT2D eigenvalue weighted by Crippen LogP contribution is 2.20. The third-order valence-electron chi connectivity index (χ3n) is 2.94. The lowest BCUT2D eigenvalue weighted by Crippen LogP contribution is -2.40. The molecular formula is C14H13ClN2O3. The topological polar surface area (TPSA) is 79.3 Å². The Balaban J connectivity index is 2.41. The molecule has 5 nitrogen and oxygen atoms in total. The third-order valence-corrected chi connectivity index (χ3v) is 3.13. The zero-order valence-electron chi connectivity index (χ0n) is 10.8. The highest BCUT2D eigenvalue weighted by Gasteiger charge is 2.20. The lowest BCUT2D eigenvalue weighted by atomic mass is 10.1. The van der Waals surface area contributed by atoms with Crippen molar-refractivity contribution >= 4 is 34.4 Å². The standard InChI is InChI=1S/C14H13ClN2O3/c1-2-10(14(19)20)17-13(18)9-7-12(15)16-11-6-4-3-5-8(9)11/h3-7,10H,2H2,1H3,(H,17,18)(H,19,20). The summed E-state index contributed by atoms with van der Waals surface area (Å²) in [5, 5.41) is 12.3. The normalized spacial score (nSPS) is 12.1. The number of pyridine rings is 1. The maximum atomic E-state index is 12.2. The van der Waals surface area contributed by atoms with E-state index in [-0.39, 0.29) is 5.15 Å². The van der Waals surface area contributed by atoms with Crippen LogP contribution in [0.4, 0.5) is 0 Å². The van der Waals surface area contributed by atoms with Gasteiger partial charge < -0.3 is 10.4 Å². The molecule has 0 aliphatic heterocycles. The summed E-state index contributed by atoms with van der Waals surface area (Å²) in [7, 11) is 0. The van der Waals surface area contributed by atoms with Crippen LogP contribution in [-0.4, -0.2) is 28.0 Å². The number of amides is 1. The number of aliphatic carboxylic acids is 1. The average Bonchev–Trinajstić information content (AvgIpc) is 2.43. The van der Waals surface area contributed by atoms with Crippen molar-refractivity contribution in [3.63, 3.8) is 0 Å². The van der Waals surface area contributed by atoms with E-state index in [1.165, 1.54) is 6.07 Å². The average molecular weight is 293 g/mol. The van der Waals surface area contributed by atoms with Crippen LogP contribution in [0.3, 0.4) is 0 Å². The number of carbonyl (C=O) groups excluding carboxylic acids is 1. The van der Waals surface area contributed by atoms with Gasteiger partial charge in [-0.15, -0.1) is 0 Å². The SMILES string of the molecule is CCC(NC(=O)c1cc(Cl)nc2ccccc12)C(=O)O. The second-order valence-corrected chi connectivity index (χ2v) is 4.67. The van der Waals surface area contributed by atoms with E-state index in [2.05, 4.69) is 10.3 Å². The summed E-state index contributed by atoms with van der Waals surface area (Å²) in [5.41, 5.74) is 0.911. The predicted molar refractivity (Wildman–Crippen MR) is 75.9 cm³/mol. The Morgan fingerprint density at radius 2 is 2.10 bits per heavy atom. The molecule has 0 aliphatic carbocycles. The Morgan fingerprint density at radius 3 is 2.75 bits per heavy atom. The Labute approximate surface area is 120 Å². The number of nitrogens with zero attached hydrogens (tertiary/aromatic N) is 1. The molecule has 20 heavy (non-hydrogen) atoms. The molecule has 0 radical (unpaired) electrons. The van der Waals surface area contributed by atoms with Crippen LogP contribution in [0.5, 0.6) is 0 Å². The van der Waals surface area contributed by atoms with Gasteiger partial charge in [0.25, 0.3) is 5.91 Å². The van der Waals surface area contributed by atoms with Gasteiger partial charge in [0.15, 0.2) is 0 Å². The first-order chi connectivity index (χ1) is 9.52. The molecule has 1 heterocycles. The number of carboxylic acid groups (broad SMARTS) is 1. The number of aromatic nitrogens is 1. The van der Waals surface area contributed by atoms with E-state index in [1.54, 1.807) is 31.2 Å². The number of rotatable bonds is 4. The molecule has 0 spiro atoms. The lowest BCUT2D eigenvalue weighted by Gasteiger charge is -2.13. The number of hydrogen-bond acceptors (Lipinski definition) is 3. The number of nitrogens with one attached hydrogen (secondary N) is 1. The molecule has 6 heteroatoms. The van der Waals surface area contributed by atoms with Gasteiger partial charge in [0.1, 0.15) is 11.2 Å². The summed E-state index contributed by atoms with van der Waals surface area (Å²) in [6, 6.07) is 7.58. The monoisotopic (exact) mass is 292 g/mol. The Bertz CT molecular complexity index is 673. The summed E-state index contributed by atoms with van der Waals surface area (Å²) in [6.07, 6.45) is 0.303. The summed E-state index contributed by atoms with van der Waals surface area (Å²) >= 11 is 5.89. The number of carboxylic acids is 1. The first-order valence-electron chi connectivity index (χ1n) is 6.12. The zero-order valence-corrected chi connectivity index (χ0v) is 11.5. The summed E-state index contributed by atoms with van der Waals surface area (Å²) in [6.45, 7) is 1.69. The fourth-order valence-corrected chi connectivity index (χ4v) is 2.11. The molecule has 0 saturated heterocycles. The van der Waals surface area contributed by atoms with Crippen molar-refractivity contribution < 1.29 is 14.7 Å². The quantitative estimate of drug-likeness (QED) is 0.849. The molecule has 1 aromatic carbocycles. The van der Waals surface area contributed by atoms with Crippen LogP contribution in [0.1, 0.15) is 23.7 Å². The molecule has 0 fully saturated rings. The van der Waals surface area contributed by atoms with Gasteiger partial charge in [-0.1, -0.05) is 36.7 Å². The van der Waals surface area contributed by atoms with E-state index in [9.17, 15) is 9.59 Å². The molecule has 0 bridgehead atoms. The van der Waals surface area contributed by atoms with Crippen molar-refractivity contribution in [3.05, 3.63) is 41.0 Å². The van der Waals surface area contributed by atoms with Crippen molar-refractivity contribution in [2.24, 2.45) is 0 Å². The minimum Gasteiger partial charge on any atom is -0.480 e. The summed E-state index contributed by atoms with van der Waals surface area (Å²) < 4.78 is 0. The first-order valence-corrected chi connectivity index (χ1v) is 6.49. The highest BCUT2D eigenvalue weighted by atomic mass is 35.5. The van der Waals surface area contributed by atoms with Crippen LogP contribution in [-0.2, 0) is 4.79 Å². The predicted octanol–water partition coefficient (Wildman–Crippen LogP) is 2.48. The number of hydrogen-bond donors (Lipinski definition) is 2. The van der Waals surface area contributed by atoms with Gasteiger partial charge in [-0.05, 0) is 18.6 Å². The van der Waals surface area contributed by atoms with Gasteiger partial charge in [-0.3, -0.25) is 4.79 Å². The minimum atomic E-state index is -1.06. The molecule has 0 aliphatic rings. The second kappa shape index (κ2) is 5.88. The highest BCUT2D eigenvalue weighted by molar-refractivity contribution is 6.30. The molecule has 0 saturated carbocycles. The van der Waals surface area contributed by atoms with Gasteiger partial charge >= 0.3 is 5.97 Å². The molecule has 1 aromatic heterocycles. The van der Waals surface area contributed by atoms with E-state index in [0.29, 0.717) is 22.9 Å². The van der Waals surface area contributed by atoms with Gasteiger partial charge in [-0.25, -0.2) is 9.78 Å². The van der Waals surface area contributed by atoms with Crippen LogP contribution < -0.4 is 5.32 Å². The summed E-state index contributed by atoms with van der Waals surface area (Å²) in [4.78, 5) is 27.3. The van der Waals surface area contributed by atoms with Crippen molar-refractivity contribution in [3.8, 4) is 0 Å². The zero-order chi connectivity index (χ0) is 14.7. The molecule has 1 unspecified atom stereocenters. The van der Waals surface area contributed by atoms with Crippen LogP contribution >= 0.6 is 11.6 Å². The fourth-order valence-electron chi connectivity index (χ4n) is 1.91. The molecule has 2 N–H and O–H groups in total. The van der Waals surface area contributed by atoms with E-state index >= 15 is 0 Å². The minimum absolute atomic E-state index is 0.192. The molecule has 104 valence electrons. The van der Waals surface area contributed by atoms with Crippen LogP contribution in [0, 0.1) is 0 Å². The number of carbonyl (C=O) groups is 2. The third kappa shape index (κ3) is 2.88. The van der Waals surface area contributed by atoms with Crippen LogP contribution in [0.25, 0.3) is 10.9 Å². The number of para-hydroxylation sites is 1. The van der Waals surface area contributed by atoms with E-state index in [4.69, 9.17) is 16.7 Å². The van der Waals surface area contributed by atoms with Gasteiger partial charge in [0.05, 0.1) is 11.1 Å². The van der Waals surface area contributed by atoms with Gasteiger partial charge in [0, 0.05) is 5.39 Å². The lowest BCUT2D eigenvalue weighted by molar-refractivity contribution is -0.139. The maximum Gasteiger partial charge on any atom is 0.326 e. The van der Waals surface area contributed by atoms with Crippen molar-refractivity contribution in [1.82, 2.24) is 10.3 Å². The molecule has 1 atom stereocenters. The Hall–Kier alpha value is -2.14. The first kappa shape index (κ1) is 14.3. The summed E-state index contributed by atoms with van der Waals surface area (Å²) in [5.74, 6) is -1.54. The van der Waals surface area contributed by atoms with E-state index in [1.807, 2.05) is 0 Å². The number of benzene rings is 1. The largest absolute Gasteiger partial charge is 0.480 e. The van der Waals surface area contributed by atoms with E-state index in [0.717, 1.165) is 0 Å². The maximum absolute atomic E-state index is 12.2. The van der Waals surface area contributed by atoms with Gasteiger partial charge in [-0.2, -0.15) is 0 Å². The van der Waals surface area contributed by atoms with Crippen molar-refractivity contribution in [2.45, 2.75) is 19.4 Å². The van der Waals surface area contributed by atoms with Gasteiger partial charge in [0.2, 0.25) is 0 Å². The Kier molecular flexibility index (Phi) is 4.20. The molecular weight excluding hydrogens is 280 g/mol. The second-order valence-electron chi connectivity index (χ2n) is 4.28. The Morgan fingerprint density at radius 1 is 1.40 bits per heavy atom.